The lowest BCUT2D eigenvalue weighted by Crippen LogP contribution is -2.28. The average molecular weight is 253 g/mol. The van der Waals surface area contributed by atoms with Crippen molar-refractivity contribution >= 4 is 5.91 Å². The second kappa shape index (κ2) is 4.43. The molecule has 96 valence electrons. The van der Waals surface area contributed by atoms with Gasteiger partial charge in [-0.25, -0.2) is 0 Å². The standard InChI is InChI=1S/C16H15NO2/c1-10(16(17)18)15-11-6-2-4-8-13(11)19-14-9-5-3-7-12(14)15/h2-10,15H,1H3,(H2,17,18). The highest BCUT2D eigenvalue weighted by atomic mass is 16.5. The highest BCUT2D eigenvalue weighted by Crippen LogP contribution is 2.46. The Morgan fingerprint density at radius 1 is 1.05 bits per heavy atom. The smallest absolute Gasteiger partial charge is 0.221 e. The van der Waals surface area contributed by atoms with Crippen molar-refractivity contribution in [3.8, 4) is 11.5 Å². The van der Waals surface area contributed by atoms with E-state index >= 15 is 0 Å². The van der Waals surface area contributed by atoms with E-state index in [1.807, 2.05) is 55.5 Å². The molecule has 0 fully saturated rings. The van der Waals surface area contributed by atoms with Gasteiger partial charge < -0.3 is 10.5 Å². The van der Waals surface area contributed by atoms with Crippen molar-refractivity contribution in [2.75, 3.05) is 0 Å². The van der Waals surface area contributed by atoms with E-state index < -0.39 is 0 Å². The van der Waals surface area contributed by atoms with E-state index in [9.17, 15) is 4.79 Å². The van der Waals surface area contributed by atoms with Crippen molar-refractivity contribution in [1.82, 2.24) is 0 Å². The van der Waals surface area contributed by atoms with Crippen LogP contribution >= 0.6 is 0 Å². The van der Waals surface area contributed by atoms with Gasteiger partial charge in [0.15, 0.2) is 0 Å². The van der Waals surface area contributed by atoms with E-state index in [2.05, 4.69) is 0 Å². The van der Waals surface area contributed by atoms with Gasteiger partial charge in [0.25, 0.3) is 0 Å². The third-order valence-electron chi connectivity index (χ3n) is 3.68. The Bertz CT molecular complexity index is 591. The first kappa shape index (κ1) is 11.8. The van der Waals surface area contributed by atoms with Crippen molar-refractivity contribution in [3.05, 3.63) is 59.7 Å². The molecular formula is C16H15NO2. The summed E-state index contributed by atoms with van der Waals surface area (Å²) in [6, 6.07) is 15.6. The Hall–Kier alpha value is -2.29. The molecule has 0 aliphatic carbocycles. The van der Waals surface area contributed by atoms with Gasteiger partial charge in [0.1, 0.15) is 11.5 Å². The summed E-state index contributed by atoms with van der Waals surface area (Å²) in [6.07, 6.45) is 0. The fourth-order valence-corrected chi connectivity index (χ4v) is 2.65. The highest BCUT2D eigenvalue weighted by molar-refractivity contribution is 5.79. The molecule has 0 aromatic heterocycles. The zero-order valence-corrected chi connectivity index (χ0v) is 10.7. The zero-order chi connectivity index (χ0) is 13.4. The lowest BCUT2D eigenvalue weighted by Gasteiger charge is -2.30. The predicted octanol–water partition coefficient (Wildman–Crippen LogP) is 3.05. The minimum Gasteiger partial charge on any atom is -0.457 e. The summed E-state index contributed by atoms with van der Waals surface area (Å²) in [5.41, 5.74) is 7.54. The molecule has 1 aliphatic heterocycles. The Morgan fingerprint density at radius 3 is 2.00 bits per heavy atom. The molecule has 3 rings (SSSR count). The predicted molar refractivity (Wildman–Crippen MR) is 73.2 cm³/mol. The summed E-state index contributed by atoms with van der Waals surface area (Å²) < 4.78 is 5.89. The van der Waals surface area contributed by atoms with Crippen LogP contribution < -0.4 is 10.5 Å². The van der Waals surface area contributed by atoms with Crippen molar-refractivity contribution in [2.45, 2.75) is 12.8 Å². The van der Waals surface area contributed by atoms with Gasteiger partial charge in [-0.05, 0) is 12.1 Å². The molecule has 2 N–H and O–H groups in total. The molecule has 2 aromatic rings. The number of benzene rings is 2. The van der Waals surface area contributed by atoms with Crippen LogP contribution in [0.5, 0.6) is 11.5 Å². The first-order chi connectivity index (χ1) is 9.18. The van der Waals surface area contributed by atoms with Gasteiger partial charge >= 0.3 is 0 Å². The molecule has 0 radical (unpaired) electrons. The number of nitrogens with two attached hydrogens (primary N) is 1. The number of rotatable bonds is 2. The summed E-state index contributed by atoms with van der Waals surface area (Å²) in [5.74, 6) is 1.000. The van der Waals surface area contributed by atoms with Crippen molar-refractivity contribution in [3.63, 3.8) is 0 Å². The molecule has 1 atom stereocenters. The molecule has 0 bridgehead atoms. The highest BCUT2D eigenvalue weighted by Gasteiger charge is 2.33. The number of hydrogen-bond donors (Lipinski definition) is 1. The maximum absolute atomic E-state index is 11.6. The van der Waals surface area contributed by atoms with E-state index in [-0.39, 0.29) is 17.7 Å². The largest absolute Gasteiger partial charge is 0.457 e. The third kappa shape index (κ3) is 1.87. The Balaban J connectivity index is 2.19. The van der Waals surface area contributed by atoms with Crippen molar-refractivity contribution in [1.29, 1.82) is 0 Å². The topological polar surface area (TPSA) is 52.3 Å². The summed E-state index contributed by atoms with van der Waals surface area (Å²) in [5, 5.41) is 0. The van der Waals surface area contributed by atoms with Crippen LogP contribution in [-0.4, -0.2) is 5.91 Å². The van der Waals surface area contributed by atoms with Crippen LogP contribution in [-0.2, 0) is 4.79 Å². The van der Waals surface area contributed by atoms with Crippen molar-refractivity contribution < 1.29 is 9.53 Å². The van der Waals surface area contributed by atoms with Crippen LogP contribution in [0.1, 0.15) is 24.0 Å². The monoisotopic (exact) mass is 253 g/mol. The summed E-state index contributed by atoms with van der Waals surface area (Å²) in [6.45, 7) is 1.87. The Labute approximate surface area is 112 Å². The first-order valence-electron chi connectivity index (χ1n) is 6.33. The second-order valence-electron chi connectivity index (χ2n) is 4.85. The molecule has 1 aliphatic rings. The number of ether oxygens (including phenoxy) is 1. The third-order valence-corrected chi connectivity index (χ3v) is 3.68. The number of fused-ring (bicyclic) bond motifs is 2. The van der Waals surface area contributed by atoms with Crippen LogP contribution in [0.25, 0.3) is 0 Å². The summed E-state index contributed by atoms with van der Waals surface area (Å²) in [7, 11) is 0. The van der Waals surface area contributed by atoms with E-state index in [1.54, 1.807) is 0 Å². The minimum atomic E-state index is -0.295. The normalized spacial score (nSPS) is 15.0. The maximum Gasteiger partial charge on any atom is 0.221 e. The molecule has 19 heavy (non-hydrogen) atoms. The van der Waals surface area contributed by atoms with Gasteiger partial charge in [-0.1, -0.05) is 43.3 Å². The fourth-order valence-electron chi connectivity index (χ4n) is 2.65. The number of carbonyl (C=O) groups is 1. The first-order valence-corrected chi connectivity index (χ1v) is 6.33. The molecular weight excluding hydrogens is 238 g/mol. The summed E-state index contributed by atoms with van der Waals surface area (Å²) >= 11 is 0. The zero-order valence-electron chi connectivity index (χ0n) is 10.7. The Morgan fingerprint density at radius 2 is 1.53 bits per heavy atom. The van der Waals surface area contributed by atoms with Crippen molar-refractivity contribution in [2.24, 2.45) is 11.7 Å². The van der Waals surface area contributed by atoms with Crippen LogP contribution in [0.3, 0.4) is 0 Å². The van der Waals surface area contributed by atoms with Gasteiger partial charge in [-0.2, -0.15) is 0 Å². The molecule has 1 amide bonds. The second-order valence-corrected chi connectivity index (χ2v) is 4.85. The average Bonchev–Trinajstić information content (AvgIpc) is 2.43. The number of primary amides is 1. The molecule has 2 aromatic carbocycles. The van der Waals surface area contributed by atoms with Crippen LogP contribution in [0.4, 0.5) is 0 Å². The van der Waals surface area contributed by atoms with Crippen LogP contribution in [0.2, 0.25) is 0 Å². The quantitative estimate of drug-likeness (QED) is 0.894. The van der Waals surface area contributed by atoms with E-state index in [0.717, 1.165) is 22.6 Å². The Kier molecular flexibility index (Phi) is 2.75. The van der Waals surface area contributed by atoms with Crippen LogP contribution in [0.15, 0.2) is 48.5 Å². The van der Waals surface area contributed by atoms with Gasteiger partial charge in [0.2, 0.25) is 5.91 Å². The lowest BCUT2D eigenvalue weighted by molar-refractivity contribution is -0.121. The maximum atomic E-state index is 11.6. The molecule has 0 saturated carbocycles. The molecule has 1 unspecified atom stereocenters. The van der Waals surface area contributed by atoms with Gasteiger partial charge in [0.05, 0.1) is 0 Å². The van der Waals surface area contributed by atoms with Crippen LogP contribution in [0, 0.1) is 5.92 Å². The minimum absolute atomic E-state index is 0.0429. The number of para-hydroxylation sites is 2. The molecule has 0 spiro atoms. The number of hydrogen-bond acceptors (Lipinski definition) is 2. The van der Waals surface area contributed by atoms with E-state index in [4.69, 9.17) is 10.5 Å². The lowest BCUT2D eigenvalue weighted by atomic mass is 9.79. The molecule has 3 nitrogen and oxygen atoms in total. The van der Waals surface area contributed by atoms with Gasteiger partial charge in [-0.3, -0.25) is 4.79 Å². The van der Waals surface area contributed by atoms with E-state index in [0.29, 0.717) is 0 Å². The molecule has 0 saturated heterocycles. The number of amides is 1. The molecule has 3 heteroatoms. The van der Waals surface area contributed by atoms with E-state index in [1.165, 1.54) is 0 Å². The summed E-state index contributed by atoms with van der Waals surface area (Å²) in [4.78, 5) is 11.6. The SMILES string of the molecule is CC(C(N)=O)C1c2ccccc2Oc2ccccc21. The number of carbonyl (C=O) groups excluding carboxylic acids is 1. The van der Waals surface area contributed by atoms with Gasteiger partial charge in [-0.15, -0.1) is 0 Å². The fraction of sp³-hybridized carbons (Fsp3) is 0.188. The van der Waals surface area contributed by atoms with Gasteiger partial charge in [0, 0.05) is 23.0 Å². The molecule has 1 heterocycles.